The van der Waals surface area contributed by atoms with Crippen LogP contribution in [0.15, 0.2) is 30.3 Å². The molecule has 0 saturated carbocycles. The number of nitrogens with zero attached hydrogens (tertiary/aromatic N) is 1. The van der Waals surface area contributed by atoms with Crippen molar-refractivity contribution in [1.82, 2.24) is 10.2 Å². The first-order chi connectivity index (χ1) is 15.9. The molecule has 1 aliphatic rings. The highest BCUT2D eigenvalue weighted by atomic mass is 16.5. The Kier molecular flexibility index (Phi) is 11.9. The lowest BCUT2D eigenvalue weighted by molar-refractivity contribution is -0.150. The van der Waals surface area contributed by atoms with Gasteiger partial charge in [-0.15, -0.1) is 0 Å². The van der Waals surface area contributed by atoms with E-state index < -0.39 is 24.1 Å². The molecule has 0 aromatic heterocycles. The lowest BCUT2D eigenvalue weighted by atomic mass is 10.0. The van der Waals surface area contributed by atoms with Crippen molar-refractivity contribution < 1.29 is 24.2 Å². The summed E-state index contributed by atoms with van der Waals surface area (Å²) in [5, 5.41) is 12.5. The van der Waals surface area contributed by atoms with E-state index in [2.05, 4.69) is 12.2 Å². The summed E-state index contributed by atoms with van der Waals surface area (Å²) >= 11 is 0. The average Bonchev–Trinajstić information content (AvgIpc) is 3.31. The number of aryl methyl sites for hydroxylation is 1. The molecule has 33 heavy (non-hydrogen) atoms. The monoisotopic (exact) mass is 460 g/mol. The molecule has 0 unspecified atom stereocenters. The Bertz CT molecular complexity index is 739. The SMILES string of the molecule is CCCCCCCCOC(=O)[C@H](CCc1ccccc1)N[C@@H](C)C(=O)N1CCC[C@H]1C(=O)O. The van der Waals surface area contributed by atoms with Gasteiger partial charge in [0, 0.05) is 6.54 Å². The Hall–Kier alpha value is -2.41. The maximum atomic E-state index is 12.9. The van der Waals surface area contributed by atoms with Crippen LogP contribution in [-0.4, -0.2) is 59.1 Å². The van der Waals surface area contributed by atoms with Crippen LogP contribution in [0.5, 0.6) is 0 Å². The fourth-order valence-corrected chi connectivity index (χ4v) is 4.29. The van der Waals surface area contributed by atoms with E-state index in [0.29, 0.717) is 38.8 Å². The molecule has 7 heteroatoms. The van der Waals surface area contributed by atoms with Crippen LogP contribution >= 0.6 is 0 Å². The van der Waals surface area contributed by atoms with Crippen LogP contribution < -0.4 is 5.32 Å². The normalized spacial score (nSPS) is 17.5. The van der Waals surface area contributed by atoms with Crippen molar-refractivity contribution in [3.8, 4) is 0 Å². The number of carbonyl (C=O) groups excluding carboxylic acids is 2. The second-order valence-electron chi connectivity index (χ2n) is 8.93. The Labute approximate surface area is 197 Å². The number of likely N-dealkylation sites (tertiary alicyclic amines) is 1. The number of esters is 1. The van der Waals surface area contributed by atoms with Crippen LogP contribution in [0, 0.1) is 0 Å². The number of ether oxygens (including phenoxy) is 1. The van der Waals surface area contributed by atoms with Crippen molar-refractivity contribution in [2.75, 3.05) is 13.2 Å². The van der Waals surface area contributed by atoms with Gasteiger partial charge >= 0.3 is 11.9 Å². The van der Waals surface area contributed by atoms with Gasteiger partial charge in [-0.3, -0.25) is 14.9 Å². The zero-order chi connectivity index (χ0) is 24.1. The van der Waals surface area contributed by atoms with Crippen molar-refractivity contribution >= 4 is 17.8 Å². The molecule has 1 aromatic rings. The molecule has 2 rings (SSSR count). The third-order valence-corrected chi connectivity index (χ3v) is 6.23. The highest BCUT2D eigenvalue weighted by Crippen LogP contribution is 2.19. The number of carbonyl (C=O) groups is 3. The van der Waals surface area contributed by atoms with Gasteiger partial charge in [0.15, 0.2) is 0 Å². The first-order valence-corrected chi connectivity index (χ1v) is 12.4. The lowest BCUT2D eigenvalue weighted by Gasteiger charge is -2.28. The fourth-order valence-electron chi connectivity index (χ4n) is 4.29. The zero-order valence-corrected chi connectivity index (χ0v) is 20.1. The molecule has 7 nitrogen and oxygen atoms in total. The highest BCUT2D eigenvalue weighted by molar-refractivity contribution is 5.88. The Morgan fingerprint density at radius 2 is 1.82 bits per heavy atom. The minimum absolute atomic E-state index is 0.284. The van der Waals surface area contributed by atoms with Gasteiger partial charge in [0.2, 0.25) is 5.91 Å². The molecule has 0 bridgehead atoms. The maximum absolute atomic E-state index is 12.9. The number of hydrogen-bond donors (Lipinski definition) is 2. The van der Waals surface area contributed by atoms with Gasteiger partial charge in [0.25, 0.3) is 0 Å². The smallest absolute Gasteiger partial charge is 0.326 e. The van der Waals surface area contributed by atoms with Crippen LogP contribution in [0.25, 0.3) is 0 Å². The molecule has 1 heterocycles. The molecule has 0 spiro atoms. The summed E-state index contributed by atoms with van der Waals surface area (Å²) in [6, 6.07) is 7.79. The molecule has 1 aromatic carbocycles. The van der Waals surface area contributed by atoms with E-state index in [0.717, 1.165) is 24.8 Å². The minimum Gasteiger partial charge on any atom is -0.480 e. The lowest BCUT2D eigenvalue weighted by Crippen LogP contribution is -2.53. The third kappa shape index (κ3) is 9.16. The molecule has 1 fully saturated rings. The first-order valence-electron chi connectivity index (χ1n) is 12.4. The predicted octanol–water partition coefficient (Wildman–Crippen LogP) is 3.95. The second-order valence-corrected chi connectivity index (χ2v) is 8.93. The fraction of sp³-hybridized carbons (Fsp3) is 0.654. The minimum atomic E-state index is -0.980. The summed E-state index contributed by atoms with van der Waals surface area (Å²) in [4.78, 5) is 38.7. The van der Waals surface area contributed by atoms with E-state index >= 15 is 0 Å². The van der Waals surface area contributed by atoms with E-state index in [1.165, 1.54) is 24.2 Å². The molecule has 1 amide bonds. The highest BCUT2D eigenvalue weighted by Gasteiger charge is 2.37. The number of carboxylic acid groups (broad SMARTS) is 1. The number of nitrogens with one attached hydrogen (secondary N) is 1. The molecule has 2 N–H and O–H groups in total. The van der Waals surface area contributed by atoms with Crippen molar-refractivity contribution in [3.63, 3.8) is 0 Å². The Morgan fingerprint density at radius 3 is 2.52 bits per heavy atom. The van der Waals surface area contributed by atoms with Gasteiger partial charge < -0.3 is 14.7 Å². The molecule has 3 atom stereocenters. The van der Waals surface area contributed by atoms with Crippen LogP contribution in [-0.2, 0) is 25.5 Å². The topological polar surface area (TPSA) is 95.9 Å². The molecule has 0 radical (unpaired) electrons. The molecule has 1 aliphatic heterocycles. The van der Waals surface area contributed by atoms with Gasteiger partial charge in [0.05, 0.1) is 12.6 Å². The number of amides is 1. The summed E-state index contributed by atoms with van der Waals surface area (Å²) < 4.78 is 5.54. The van der Waals surface area contributed by atoms with Gasteiger partial charge in [0.1, 0.15) is 12.1 Å². The standard InChI is InChI=1S/C26H40N2O5/c1-3-4-5-6-7-11-19-33-26(32)22(17-16-21-13-9-8-10-14-21)27-20(2)24(29)28-18-12-15-23(28)25(30)31/h8-10,13-14,20,22-23,27H,3-7,11-12,15-19H2,1-2H3,(H,30,31)/t20-,22-,23-/m0/s1. The second kappa shape index (κ2) is 14.7. The maximum Gasteiger partial charge on any atom is 0.326 e. The van der Waals surface area contributed by atoms with Crippen molar-refractivity contribution in [2.24, 2.45) is 0 Å². The summed E-state index contributed by atoms with van der Waals surface area (Å²) in [6.07, 6.45) is 8.97. The number of carboxylic acids is 1. The largest absolute Gasteiger partial charge is 0.480 e. The molecule has 0 aliphatic carbocycles. The molecule has 184 valence electrons. The summed E-state index contributed by atoms with van der Waals surface area (Å²) in [7, 11) is 0. The van der Waals surface area contributed by atoms with Gasteiger partial charge in [-0.2, -0.15) is 0 Å². The summed E-state index contributed by atoms with van der Waals surface area (Å²) in [5.74, 6) is -1.62. The van der Waals surface area contributed by atoms with Gasteiger partial charge in [-0.25, -0.2) is 4.79 Å². The van der Waals surface area contributed by atoms with E-state index in [1.807, 2.05) is 30.3 Å². The number of benzene rings is 1. The quantitative estimate of drug-likeness (QED) is 0.304. The summed E-state index contributed by atoms with van der Waals surface area (Å²) in [6.45, 7) is 4.68. The van der Waals surface area contributed by atoms with Crippen molar-refractivity contribution in [2.45, 2.75) is 96.2 Å². The number of rotatable bonds is 15. The molecular weight excluding hydrogens is 420 g/mol. The van der Waals surface area contributed by atoms with Crippen molar-refractivity contribution in [3.05, 3.63) is 35.9 Å². The van der Waals surface area contributed by atoms with E-state index in [9.17, 15) is 19.5 Å². The van der Waals surface area contributed by atoms with E-state index in [1.54, 1.807) is 6.92 Å². The predicted molar refractivity (Wildman–Crippen MR) is 128 cm³/mol. The van der Waals surface area contributed by atoms with Crippen LogP contribution in [0.3, 0.4) is 0 Å². The van der Waals surface area contributed by atoms with Crippen molar-refractivity contribution in [1.29, 1.82) is 0 Å². The average molecular weight is 461 g/mol. The molecular formula is C26H40N2O5. The summed E-state index contributed by atoms with van der Waals surface area (Å²) in [5.41, 5.74) is 1.11. The number of hydrogen-bond acceptors (Lipinski definition) is 5. The van der Waals surface area contributed by atoms with Crippen LogP contribution in [0.4, 0.5) is 0 Å². The van der Waals surface area contributed by atoms with Gasteiger partial charge in [-0.05, 0) is 44.6 Å². The number of unbranched alkanes of at least 4 members (excludes halogenated alkanes) is 5. The van der Waals surface area contributed by atoms with E-state index in [-0.39, 0.29) is 11.9 Å². The number of aliphatic carboxylic acids is 1. The first kappa shape index (κ1) is 26.8. The zero-order valence-electron chi connectivity index (χ0n) is 20.1. The molecule has 1 saturated heterocycles. The third-order valence-electron chi connectivity index (χ3n) is 6.23. The Balaban J connectivity index is 1.92. The Morgan fingerprint density at radius 1 is 1.12 bits per heavy atom. The van der Waals surface area contributed by atoms with E-state index in [4.69, 9.17) is 4.74 Å². The van der Waals surface area contributed by atoms with Crippen LogP contribution in [0.2, 0.25) is 0 Å². The van der Waals surface area contributed by atoms with Crippen LogP contribution in [0.1, 0.15) is 77.2 Å². The van der Waals surface area contributed by atoms with Gasteiger partial charge in [-0.1, -0.05) is 69.4 Å².